The van der Waals surface area contributed by atoms with Gasteiger partial charge in [-0.2, -0.15) is 0 Å². The van der Waals surface area contributed by atoms with Gasteiger partial charge in [-0.25, -0.2) is 0 Å². The van der Waals surface area contributed by atoms with Gasteiger partial charge < -0.3 is 20.3 Å². The average molecular weight is 243 g/mol. The summed E-state index contributed by atoms with van der Waals surface area (Å²) in [4.78, 5) is 0. The molecule has 2 rings (SSSR count). The van der Waals surface area contributed by atoms with Crippen LogP contribution in [0, 0.1) is 5.41 Å². The molecule has 4 nitrogen and oxygen atoms in total. The molecule has 100 valence electrons. The van der Waals surface area contributed by atoms with E-state index in [1.165, 1.54) is 0 Å². The number of aliphatic hydroxyl groups is 1. The van der Waals surface area contributed by atoms with Gasteiger partial charge in [0.05, 0.1) is 18.3 Å². The van der Waals surface area contributed by atoms with Crippen molar-refractivity contribution in [2.45, 2.75) is 50.2 Å². The standard InChI is InChI=1S/C13H25NO3/c1-16-11-5-2-3-7-13(11,15)12(9-14)6-4-8-17-10-12/h11,15H,2-10,14H2,1H3. The topological polar surface area (TPSA) is 64.7 Å². The normalized spacial score (nSPS) is 43.6. The van der Waals surface area contributed by atoms with E-state index in [9.17, 15) is 5.11 Å². The molecule has 1 saturated carbocycles. The molecule has 0 aromatic heterocycles. The van der Waals surface area contributed by atoms with Gasteiger partial charge in [0.15, 0.2) is 0 Å². The fourth-order valence-corrected chi connectivity index (χ4v) is 3.57. The van der Waals surface area contributed by atoms with Crippen molar-refractivity contribution in [1.29, 1.82) is 0 Å². The molecule has 4 heteroatoms. The highest BCUT2D eigenvalue weighted by Crippen LogP contribution is 2.47. The molecule has 0 radical (unpaired) electrons. The van der Waals surface area contributed by atoms with Crippen LogP contribution in [0.4, 0.5) is 0 Å². The molecule has 0 spiro atoms. The number of nitrogens with two attached hydrogens (primary N) is 1. The Bertz CT molecular complexity index is 253. The lowest BCUT2D eigenvalue weighted by Gasteiger charge is -2.53. The third-order valence-electron chi connectivity index (χ3n) is 4.72. The number of ether oxygens (including phenoxy) is 2. The molecule has 2 aliphatic rings. The quantitative estimate of drug-likeness (QED) is 0.778. The van der Waals surface area contributed by atoms with Crippen molar-refractivity contribution in [3.05, 3.63) is 0 Å². The Morgan fingerprint density at radius 1 is 1.35 bits per heavy atom. The van der Waals surface area contributed by atoms with Crippen LogP contribution in [0.1, 0.15) is 38.5 Å². The molecule has 0 bridgehead atoms. The van der Waals surface area contributed by atoms with E-state index in [1.807, 2.05) is 0 Å². The first-order valence-corrected chi connectivity index (χ1v) is 6.71. The zero-order chi connectivity index (χ0) is 12.4. The first kappa shape index (κ1) is 13.3. The van der Waals surface area contributed by atoms with E-state index in [1.54, 1.807) is 7.11 Å². The maximum Gasteiger partial charge on any atom is 0.0997 e. The molecule has 1 heterocycles. The molecular weight excluding hydrogens is 218 g/mol. The molecule has 1 aliphatic heterocycles. The third kappa shape index (κ3) is 2.12. The fourth-order valence-electron chi connectivity index (χ4n) is 3.57. The minimum Gasteiger partial charge on any atom is -0.386 e. The van der Waals surface area contributed by atoms with Gasteiger partial charge >= 0.3 is 0 Å². The van der Waals surface area contributed by atoms with Crippen LogP contribution in [0.15, 0.2) is 0 Å². The highest BCUT2D eigenvalue weighted by Gasteiger charge is 2.55. The summed E-state index contributed by atoms with van der Waals surface area (Å²) >= 11 is 0. The van der Waals surface area contributed by atoms with Gasteiger partial charge in [0.25, 0.3) is 0 Å². The lowest BCUT2D eigenvalue weighted by atomic mass is 9.61. The molecule has 0 aromatic carbocycles. The van der Waals surface area contributed by atoms with Crippen LogP contribution >= 0.6 is 0 Å². The van der Waals surface area contributed by atoms with Gasteiger partial charge in [0.2, 0.25) is 0 Å². The molecular formula is C13H25NO3. The van der Waals surface area contributed by atoms with Crippen LogP contribution < -0.4 is 5.73 Å². The van der Waals surface area contributed by atoms with E-state index < -0.39 is 5.60 Å². The van der Waals surface area contributed by atoms with Gasteiger partial charge in [-0.15, -0.1) is 0 Å². The SMILES string of the molecule is COC1CCCCC1(O)C1(CN)CCCOC1. The lowest BCUT2D eigenvalue weighted by Crippen LogP contribution is -2.64. The summed E-state index contributed by atoms with van der Waals surface area (Å²) in [6, 6.07) is 0. The van der Waals surface area contributed by atoms with Crippen LogP contribution in [-0.4, -0.2) is 43.7 Å². The summed E-state index contributed by atoms with van der Waals surface area (Å²) in [6.07, 6.45) is 5.72. The van der Waals surface area contributed by atoms with E-state index in [0.29, 0.717) is 13.2 Å². The van der Waals surface area contributed by atoms with Crippen molar-refractivity contribution in [2.75, 3.05) is 26.9 Å². The monoisotopic (exact) mass is 243 g/mol. The second kappa shape index (κ2) is 5.22. The van der Waals surface area contributed by atoms with Crippen molar-refractivity contribution < 1.29 is 14.6 Å². The fraction of sp³-hybridized carbons (Fsp3) is 1.00. The Hall–Kier alpha value is -0.160. The zero-order valence-electron chi connectivity index (χ0n) is 10.8. The Balaban J connectivity index is 2.25. The average Bonchev–Trinajstić information content (AvgIpc) is 2.40. The lowest BCUT2D eigenvalue weighted by molar-refractivity contribution is -0.215. The summed E-state index contributed by atoms with van der Waals surface area (Å²) in [6.45, 7) is 1.83. The maximum absolute atomic E-state index is 11.1. The summed E-state index contributed by atoms with van der Waals surface area (Å²) in [7, 11) is 1.69. The largest absolute Gasteiger partial charge is 0.386 e. The first-order chi connectivity index (χ1) is 8.18. The van der Waals surface area contributed by atoms with Crippen molar-refractivity contribution in [3.63, 3.8) is 0 Å². The van der Waals surface area contributed by atoms with E-state index >= 15 is 0 Å². The minimum atomic E-state index is -0.810. The summed E-state index contributed by atoms with van der Waals surface area (Å²) < 4.78 is 11.1. The predicted octanol–water partition coefficient (Wildman–Crippen LogP) is 1.06. The van der Waals surface area contributed by atoms with Crippen LogP contribution in [0.5, 0.6) is 0 Å². The minimum absolute atomic E-state index is 0.0958. The molecule has 1 saturated heterocycles. The Kier molecular flexibility index (Phi) is 4.08. The Labute approximate surface area is 103 Å². The maximum atomic E-state index is 11.1. The summed E-state index contributed by atoms with van der Waals surface area (Å²) in [5.74, 6) is 0. The van der Waals surface area contributed by atoms with Crippen LogP contribution in [0.25, 0.3) is 0 Å². The van der Waals surface area contributed by atoms with Crippen LogP contribution in [0.2, 0.25) is 0 Å². The van der Waals surface area contributed by atoms with E-state index in [0.717, 1.165) is 45.1 Å². The molecule has 3 N–H and O–H groups in total. The molecule has 1 aliphatic carbocycles. The molecule has 17 heavy (non-hydrogen) atoms. The molecule has 2 fully saturated rings. The second-order valence-electron chi connectivity index (χ2n) is 5.53. The number of hydrogen-bond acceptors (Lipinski definition) is 4. The summed E-state index contributed by atoms with van der Waals surface area (Å²) in [5, 5.41) is 11.1. The molecule has 0 amide bonds. The highest BCUT2D eigenvalue weighted by atomic mass is 16.5. The van der Waals surface area contributed by atoms with Crippen molar-refractivity contribution in [2.24, 2.45) is 11.1 Å². The highest BCUT2D eigenvalue weighted by molar-refractivity contribution is 5.06. The Morgan fingerprint density at radius 2 is 2.18 bits per heavy atom. The smallest absolute Gasteiger partial charge is 0.0997 e. The van der Waals surface area contributed by atoms with E-state index in [4.69, 9.17) is 15.2 Å². The molecule has 3 unspecified atom stereocenters. The zero-order valence-corrected chi connectivity index (χ0v) is 10.8. The molecule has 3 atom stereocenters. The predicted molar refractivity (Wildman–Crippen MR) is 65.8 cm³/mol. The van der Waals surface area contributed by atoms with E-state index in [-0.39, 0.29) is 11.5 Å². The van der Waals surface area contributed by atoms with Gasteiger partial charge in [-0.1, -0.05) is 12.8 Å². The first-order valence-electron chi connectivity index (χ1n) is 6.71. The van der Waals surface area contributed by atoms with Crippen molar-refractivity contribution in [1.82, 2.24) is 0 Å². The Morgan fingerprint density at radius 3 is 2.76 bits per heavy atom. The van der Waals surface area contributed by atoms with Crippen LogP contribution in [0.3, 0.4) is 0 Å². The third-order valence-corrected chi connectivity index (χ3v) is 4.72. The summed E-state index contributed by atoms with van der Waals surface area (Å²) in [5.41, 5.74) is 4.85. The number of rotatable bonds is 3. The number of methoxy groups -OCH3 is 1. The van der Waals surface area contributed by atoms with Gasteiger partial charge in [0.1, 0.15) is 0 Å². The second-order valence-corrected chi connectivity index (χ2v) is 5.53. The van der Waals surface area contributed by atoms with Gasteiger partial charge in [0, 0.05) is 25.7 Å². The van der Waals surface area contributed by atoms with Gasteiger partial charge in [-0.3, -0.25) is 0 Å². The molecule has 0 aromatic rings. The number of hydrogen-bond donors (Lipinski definition) is 2. The van der Waals surface area contributed by atoms with Crippen LogP contribution in [-0.2, 0) is 9.47 Å². The van der Waals surface area contributed by atoms with Crippen molar-refractivity contribution in [3.8, 4) is 0 Å². The van der Waals surface area contributed by atoms with E-state index in [2.05, 4.69) is 0 Å². The van der Waals surface area contributed by atoms with Gasteiger partial charge in [-0.05, 0) is 25.7 Å². The van der Waals surface area contributed by atoms with Crippen molar-refractivity contribution >= 4 is 0 Å².